The summed E-state index contributed by atoms with van der Waals surface area (Å²) in [7, 11) is -3.84. The molecule has 0 bridgehead atoms. The van der Waals surface area contributed by atoms with Crippen molar-refractivity contribution < 1.29 is 22.7 Å². The van der Waals surface area contributed by atoms with Crippen molar-refractivity contribution in [2.75, 3.05) is 38.2 Å². The molecule has 2 N–H and O–H groups in total. The summed E-state index contributed by atoms with van der Waals surface area (Å²) < 4.78 is 32.5. The van der Waals surface area contributed by atoms with Gasteiger partial charge in [-0.2, -0.15) is 4.31 Å². The minimum absolute atomic E-state index is 0.00358. The van der Waals surface area contributed by atoms with Crippen LogP contribution in [0, 0.1) is 13.8 Å². The van der Waals surface area contributed by atoms with E-state index in [1.54, 1.807) is 12.1 Å². The van der Waals surface area contributed by atoms with Gasteiger partial charge in [-0.05, 0) is 37.1 Å². The molecule has 2 aromatic rings. The third-order valence-electron chi connectivity index (χ3n) is 4.87. The van der Waals surface area contributed by atoms with Crippen LogP contribution in [0.1, 0.15) is 21.5 Å². The lowest BCUT2D eigenvalue weighted by molar-refractivity contribution is -0.115. The largest absolute Gasteiger partial charge is 0.379 e. The molecule has 1 fully saturated rings. The van der Waals surface area contributed by atoms with Crippen LogP contribution in [0.2, 0.25) is 0 Å². The van der Waals surface area contributed by atoms with Crippen LogP contribution in [0.4, 0.5) is 5.69 Å². The van der Waals surface area contributed by atoms with Crippen LogP contribution in [0.25, 0.3) is 0 Å². The molecule has 2 amide bonds. The molecule has 1 heterocycles. The quantitative estimate of drug-likeness (QED) is 0.724. The predicted octanol–water partition coefficient (Wildman–Crippen LogP) is 1.69. The van der Waals surface area contributed by atoms with E-state index in [1.165, 1.54) is 16.4 Å². The van der Waals surface area contributed by atoms with Crippen molar-refractivity contribution in [2.45, 2.75) is 18.7 Å². The maximum absolute atomic E-state index is 13.0. The van der Waals surface area contributed by atoms with Crippen LogP contribution in [0.5, 0.6) is 0 Å². The molecule has 9 heteroatoms. The SMILES string of the molecule is Cc1cccc(C)c1NC(=O)CNC(=O)c1ccccc1S(=O)(=O)N1CCOCC1. The second kappa shape index (κ2) is 9.38. The lowest BCUT2D eigenvalue weighted by Crippen LogP contribution is -2.41. The highest BCUT2D eigenvalue weighted by molar-refractivity contribution is 7.89. The molecule has 1 saturated heterocycles. The first-order chi connectivity index (χ1) is 14.3. The summed E-state index contributed by atoms with van der Waals surface area (Å²) >= 11 is 0. The number of carbonyl (C=O) groups is 2. The first kappa shape index (κ1) is 21.9. The Balaban J connectivity index is 1.71. The Morgan fingerprint density at radius 3 is 2.30 bits per heavy atom. The molecule has 0 radical (unpaired) electrons. The average Bonchev–Trinajstić information content (AvgIpc) is 2.75. The molecule has 160 valence electrons. The van der Waals surface area contributed by atoms with Crippen LogP contribution in [0.3, 0.4) is 0 Å². The van der Waals surface area contributed by atoms with Gasteiger partial charge in [-0.1, -0.05) is 30.3 Å². The van der Waals surface area contributed by atoms with Crippen molar-refractivity contribution in [1.29, 1.82) is 0 Å². The third kappa shape index (κ3) is 4.86. The Morgan fingerprint density at radius 1 is 1.00 bits per heavy atom. The normalized spacial score (nSPS) is 14.9. The standard InChI is InChI=1S/C21H25N3O5S/c1-15-6-5-7-16(2)20(15)23-19(25)14-22-21(26)17-8-3-4-9-18(17)30(27,28)24-10-12-29-13-11-24/h3-9H,10-14H2,1-2H3,(H,22,26)(H,23,25). The fourth-order valence-electron chi connectivity index (χ4n) is 3.26. The van der Waals surface area contributed by atoms with Crippen molar-refractivity contribution in [1.82, 2.24) is 9.62 Å². The van der Waals surface area contributed by atoms with Crippen LogP contribution < -0.4 is 10.6 Å². The van der Waals surface area contributed by atoms with E-state index >= 15 is 0 Å². The molecule has 8 nitrogen and oxygen atoms in total. The van der Waals surface area contributed by atoms with Crippen LogP contribution >= 0.6 is 0 Å². The van der Waals surface area contributed by atoms with Crippen LogP contribution in [-0.2, 0) is 19.6 Å². The molecule has 1 aliphatic heterocycles. The lowest BCUT2D eigenvalue weighted by atomic mass is 10.1. The first-order valence-electron chi connectivity index (χ1n) is 9.62. The number of carbonyl (C=O) groups excluding carboxylic acids is 2. The maximum Gasteiger partial charge on any atom is 0.253 e. The van der Waals surface area contributed by atoms with Gasteiger partial charge in [0.2, 0.25) is 15.9 Å². The summed E-state index contributed by atoms with van der Waals surface area (Å²) in [4.78, 5) is 24.9. The number of amides is 2. The Labute approximate surface area is 176 Å². The monoisotopic (exact) mass is 431 g/mol. The molecule has 30 heavy (non-hydrogen) atoms. The number of ether oxygens (including phenoxy) is 1. The summed E-state index contributed by atoms with van der Waals surface area (Å²) in [5.74, 6) is -1.02. The number of nitrogens with zero attached hydrogens (tertiary/aromatic N) is 1. The molecule has 0 aromatic heterocycles. The van der Waals surface area contributed by atoms with E-state index in [0.29, 0.717) is 18.9 Å². The number of anilines is 1. The van der Waals surface area contributed by atoms with E-state index < -0.39 is 21.8 Å². The van der Waals surface area contributed by atoms with Gasteiger partial charge in [-0.15, -0.1) is 0 Å². The summed E-state index contributed by atoms with van der Waals surface area (Å²) in [6.45, 7) is 4.57. The molecule has 0 saturated carbocycles. The molecule has 3 rings (SSSR count). The summed E-state index contributed by atoms with van der Waals surface area (Å²) in [5, 5.41) is 5.30. The number of rotatable bonds is 6. The second-order valence-corrected chi connectivity index (χ2v) is 8.92. The van der Waals surface area contributed by atoms with E-state index in [2.05, 4.69) is 10.6 Å². The van der Waals surface area contributed by atoms with Gasteiger partial charge < -0.3 is 15.4 Å². The zero-order valence-corrected chi connectivity index (χ0v) is 17.8. The topological polar surface area (TPSA) is 105 Å². The molecule has 0 aliphatic carbocycles. The Hall–Kier alpha value is -2.75. The van der Waals surface area contributed by atoms with Gasteiger partial charge in [0.25, 0.3) is 5.91 Å². The number of para-hydroxylation sites is 1. The number of hydrogen-bond donors (Lipinski definition) is 2. The second-order valence-electron chi connectivity index (χ2n) is 7.01. The smallest absolute Gasteiger partial charge is 0.253 e. The highest BCUT2D eigenvalue weighted by Crippen LogP contribution is 2.22. The Morgan fingerprint density at radius 2 is 1.63 bits per heavy atom. The van der Waals surface area contributed by atoms with Gasteiger partial charge >= 0.3 is 0 Å². The Kier molecular flexibility index (Phi) is 6.86. The Bertz CT molecular complexity index is 1030. The molecule has 0 atom stereocenters. The summed E-state index contributed by atoms with van der Waals surface area (Å²) in [5.41, 5.74) is 2.53. The highest BCUT2D eigenvalue weighted by atomic mass is 32.2. The summed E-state index contributed by atoms with van der Waals surface area (Å²) in [6.07, 6.45) is 0. The van der Waals surface area contributed by atoms with Gasteiger partial charge in [0, 0.05) is 18.8 Å². The van der Waals surface area contributed by atoms with Crippen LogP contribution in [0.15, 0.2) is 47.4 Å². The van der Waals surface area contributed by atoms with Gasteiger partial charge in [-0.3, -0.25) is 9.59 Å². The first-order valence-corrected chi connectivity index (χ1v) is 11.1. The van der Waals surface area contributed by atoms with E-state index in [9.17, 15) is 18.0 Å². The molecule has 0 spiro atoms. The van der Waals surface area contributed by atoms with E-state index in [-0.39, 0.29) is 30.1 Å². The average molecular weight is 432 g/mol. The zero-order valence-electron chi connectivity index (χ0n) is 17.0. The molecule has 1 aliphatic rings. The highest BCUT2D eigenvalue weighted by Gasteiger charge is 2.30. The van der Waals surface area contributed by atoms with Gasteiger partial charge in [0.15, 0.2) is 0 Å². The predicted molar refractivity (Wildman–Crippen MR) is 113 cm³/mol. The van der Waals surface area contributed by atoms with Gasteiger partial charge in [0.05, 0.1) is 30.2 Å². The van der Waals surface area contributed by atoms with Crippen molar-refractivity contribution in [3.63, 3.8) is 0 Å². The van der Waals surface area contributed by atoms with Gasteiger partial charge in [0.1, 0.15) is 0 Å². The zero-order chi connectivity index (χ0) is 21.7. The van der Waals surface area contributed by atoms with Crippen molar-refractivity contribution >= 4 is 27.5 Å². The number of benzene rings is 2. The number of aryl methyl sites for hydroxylation is 2. The number of nitrogens with one attached hydrogen (secondary N) is 2. The number of hydrogen-bond acceptors (Lipinski definition) is 5. The van der Waals surface area contributed by atoms with Gasteiger partial charge in [-0.25, -0.2) is 8.42 Å². The summed E-state index contributed by atoms with van der Waals surface area (Å²) in [6, 6.07) is 11.7. The molecule has 0 unspecified atom stereocenters. The van der Waals surface area contributed by atoms with Crippen molar-refractivity contribution in [3.05, 3.63) is 59.2 Å². The molecule has 2 aromatic carbocycles. The lowest BCUT2D eigenvalue weighted by Gasteiger charge is -2.26. The van der Waals surface area contributed by atoms with Crippen molar-refractivity contribution in [2.24, 2.45) is 0 Å². The molecular formula is C21H25N3O5S. The van der Waals surface area contributed by atoms with E-state index in [4.69, 9.17) is 4.74 Å². The number of sulfonamides is 1. The third-order valence-corrected chi connectivity index (χ3v) is 6.83. The molecular weight excluding hydrogens is 406 g/mol. The van der Waals surface area contributed by atoms with E-state index in [1.807, 2.05) is 32.0 Å². The van der Waals surface area contributed by atoms with Crippen LogP contribution in [-0.4, -0.2) is 57.4 Å². The minimum Gasteiger partial charge on any atom is -0.379 e. The van der Waals surface area contributed by atoms with E-state index in [0.717, 1.165) is 11.1 Å². The maximum atomic E-state index is 13.0. The fraction of sp³-hybridized carbons (Fsp3) is 0.333. The fourth-order valence-corrected chi connectivity index (χ4v) is 4.85. The van der Waals surface area contributed by atoms with Crippen molar-refractivity contribution in [3.8, 4) is 0 Å². The number of morpholine rings is 1. The minimum atomic E-state index is -3.84.